The molecule has 0 fully saturated rings. The van der Waals surface area contributed by atoms with E-state index in [2.05, 4.69) is 0 Å². The molecule has 2 aromatic heterocycles. The number of carbonyl (C=O) groups is 1. The summed E-state index contributed by atoms with van der Waals surface area (Å²) in [4.78, 5) is 33.9. The molecular weight excluding hydrogens is 430 g/mol. The second-order valence-electron chi connectivity index (χ2n) is 8.11. The lowest BCUT2D eigenvalue weighted by atomic mass is 10.1. The lowest BCUT2D eigenvalue weighted by Gasteiger charge is -2.32. The number of hydrogen-bond donors (Lipinski definition) is 0. The molecule has 0 spiro atoms. The van der Waals surface area contributed by atoms with E-state index in [-0.39, 0.29) is 18.0 Å². The van der Waals surface area contributed by atoms with Crippen LogP contribution in [0.25, 0.3) is 10.9 Å². The maximum absolute atomic E-state index is 13.8. The van der Waals surface area contributed by atoms with Gasteiger partial charge >= 0.3 is 0 Å². The van der Waals surface area contributed by atoms with Crippen LogP contribution in [0, 0.1) is 0 Å². The minimum atomic E-state index is -0.437. The number of rotatable bonds is 9. The predicted molar refractivity (Wildman–Crippen MR) is 131 cm³/mol. The van der Waals surface area contributed by atoms with Crippen molar-refractivity contribution in [3.8, 4) is 5.75 Å². The molecule has 1 atom stereocenters. The van der Waals surface area contributed by atoms with Crippen molar-refractivity contribution >= 4 is 16.8 Å². The number of para-hydroxylation sites is 1. The molecular formula is C27H29N3O4. The van der Waals surface area contributed by atoms with Crippen molar-refractivity contribution in [2.24, 2.45) is 0 Å². The molecule has 2 heterocycles. The highest BCUT2D eigenvalue weighted by molar-refractivity contribution is 5.95. The van der Waals surface area contributed by atoms with E-state index < -0.39 is 6.04 Å². The number of hydrogen-bond acceptors (Lipinski definition) is 5. The van der Waals surface area contributed by atoms with Crippen molar-refractivity contribution in [1.82, 2.24) is 14.5 Å². The topological polar surface area (TPSA) is 77.6 Å². The summed E-state index contributed by atoms with van der Waals surface area (Å²) in [6.45, 7) is 4.78. The monoisotopic (exact) mass is 459 g/mol. The van der Waals surface area contributed by atoms with Crippen LogP contribution in [0.1, 0.15) is 54.7 Å². The van der Waals surface area contributed by atoms with Crippen LogP contribution in [0.3, 0.4) is 0 Å². The summed E-state index contributed by atoms with van der Waals surface area (Å²) >= 11 is 0. The summed E-state index contributed by atoms with van der Waals surface area (Å²) < 4.78 is 12.6. The standard InChI is InChI=1S/C27H29N3O4/c1-4-15-29-25(28-23-14-7-6-13-22(23)27(29)32)24(5-2)30(18-21-12-9-16-34-21)26(31)19-10-8-11-20(17-19)33-3/h6-14,16-17,24H,4-5,15,18H2,1-3H3. The first-order valence-electron chi connectivity index (χ1n) is 11.5. The average molecular weight is 460 g/mol. The summed E-state index contributed by atoms with van der Waals surface area (Å²) in [6, 6.07) is 17.6. The van der Waals surface area contributed by atoms with E-state index in [0.717, 1.165) is 6.42 Å². The smallest absolute Gasteiger partial charge is 0.261 e. The van der Waals surface area contributed by atoms with Gasteiger partial charge in [-0.05, 0) is 55.3 Å². The Bertz CT molecular complexity index is 1330. The van der Waals surface area contributed by atoms with Crippen molar-refractivity contribution in [3.63, 3.8) is 0 Å². The van der Waals surface area contributed by atoms with E-state index in [4.69, 9.17) is 14.1 Å². The molecule has 1 amide bonds. The van der Waals surface area contributed by atoms with Gasteiger partial charge in [-0.25, -0.2) is 4.98 Å². The quantitative estimate of drug-likeness (QED) is 0.344. The second kappa shape index (κ2) is 10.4. The highest BCUT2D eigenvalue weighted by Crippen LogP contribution is 2.28. The summed E-state index contributed by atoms with van der Waals surface area (Å²) in [5, 5.41) is 0.575. The summed E-state index contributed by atoms with van der Waals surface area (Å²) in [6.07, 6.45) is 2.93. The van der Waals surface area contributed by atoms with Crippen molar-refractivity contribution < 1.29 is 13.9 Å². The minimum absolute atomic E-state index is 0.0901. The third-order valence-corrected chi connectivity index (χ3v) is 5.88. The number of amides is 1. The van der Waals surface area contributed by atoms with Gasteiger partial charge in [-0.3, -0.25) is 14.2 Å². The Labute approximate surface area is 198 Å². The molecule has 1 unspecified atom stereocenters. The zero-order valence-electron chi connectivity index (χ0n) is 19.7. The van der Waals surface area contributed by atoms with Gasteiger partial charge in [0, 0.05) is 12.1 Å². The molecule has 7 nitrogen and oxygen atoms in total. The van der Waals surface area contributed by atoms with E-state index in [0.29, 0.717) is 46.8 Å². The number of methoxy groups -OCH3 is 1. The number of carbonyl (C=O) groups excluding carboxylic acids is 1. The summed E-state index contributed by atoms with van der Waals surface area (Å²) in [5.41, 5.74) is 1.03. The fourth-order valence-corrected chi connectivity index (χ4v) is 4.24. The van der Waals surface area contributed by atoms with Crippen LogP contribution in [0.5, 0.6) is 5.75 Å². The maximum Gasteiger partial charge on any atom is 0.261 e. The first-order valence-corrected chi connectivity index (χ1v) is 11.5. The van der Waals surface area contributed by atoms with Crippen LogP contribution in [-0.4, -0.2) is 27.5 Å². The highest BCUT2D eigenvalue weighted by atomic mass is 16.5. The predicted octanol–water partition coefficient (Wildman–Crippen LogP) is 5.20. The van der Waals surface area contributed by atoms with Crippen LogP contribution < -0.4 is 10.3 Å². The molecule has 4 aromatic rings. The molecule has 0 saturated carbocycles. The fraction of sp³-hybridized carbons (Fsp3) is 0.296. The number of ether oxygens (including phenoxy) is 1. The fourth-order valence-electron chi connectivity index (χ4n) is 4.24. The summed E-state index contributed by atoms with van der Waals surface area (Å²) in [7, 11) is 1.57. The van der Waals surface area contributed by atoms with E-state index >= 15 is 0 Å². The van der Waals surface area contributed by atoms with Crippen molar-refractivity contribution in [2.45, 2.75) is 45.8 Å². The Morgan fingerprint density at radius 2 is 1.94 bits per heavy atom. The summed E-state index contributed by atoms with van der Waals surface area (Å²) in [5.74, 6) is 1.65. The van der Waals surface area contributed by atoms with Gasteiger partial charge in [-0.15, -0.1) is 0 Å². The zero-order chi connectivity index (χ0) is 24.1. The van der Waals surface area contributed by atoms with Crippen molar-refractivity contribution in [3.05, 3.63) is 94.4 Å². The van der Waals surface area contributed by atoms with E-state index in [1.54, 1.807) is 59.2 Å². The van der Waals surface area contributed by atoms with Crippen LogP contribution in [-0.2, 0) is 13.1 Å². The van der Waals surface area contributed by atoms with E-state index in [9.17, 15) is 9.59 Å². The van der Waals surface area contributed by atoms with Crippen LogP contribution >= 0.6 is 0 Å². The minimum Gasteiger partial charge on any atom is -0.497 e. The van der Waals surface area contributed by atoms with Gasteiger partial charge in [0.05, 0.1) is 36.9 Å². The Morgan fingerprint density at radius 1 is 1.12 bits per heavy atom. The third kappa shape index (κ3) is 4.59. The molecule has 176 valence electrons. The second-order valence-corrected chi connectivity index (χ2v) is 8.11. The number of nitrogens with zero attached hydrogens (tertiary/aromatic N) is 3. The van der Waals surface area contributed by atoms with Gasteiger partial charge < -0.3 is 14.1 Å². The van der Waals surface area contributed by atoms with Gasteiger partial charge in [0.1, 0.15) is 17.3 Å². The number of aromatic nitrogens is 2. The first kappa shape index (κ1) is 23.3. The molecule has 0 bridgehead atoms. The van der Waals surface area contributed by atoms with Crippen molar-refractivity contribution in [1.29, 1.82) is 0 Å². The van der Waals surface area contributed by atoms with Crippen LogP contribution in [0.2, 0.25) is 0 Å². The van der Waals surface area contributed by atoms with E-state index in [1.165, 1.54) is 0 Å². The van der Waals surface area contributed by atoms with Gasteiger partial charge in [0.2, 0.25) is 0 Å². The lowest BCUT2D eigenvalue weighted by Crippen LogP contribution is -2.38. The van der Waals surface area contributed by atoms with Gasteiger partial charge in [0.15, 0.2) is 0 Å². The molecule has 0 N–H and O–H groups in total. The van der Waals surface area contributed by atoms with Gasteiger partial charge in [0.25, 0.3) is 11.5 Å². The SMILES string of the molecule is CCCn1c(C(CC)N(Cc2ccco2)C(=O)c2cccc(OC)c2)nc2ccccc2c1=O. The molecule has 34 heavy (non-hydrogen) atoms. The number of fused-ring (bicyclic) bond motifs is 1. The first-order chi connectivity index (χ1) is 16.6. The molecule has 2 aromatic carbocycles. The lowest BCUT2D eigenvalue weighted by molar-refractivity contribution is 0.0620. The Morgan fingerprint density at radius 3 is 2.65 bits per heavy atom. The normalized spacial score (nSPS) is 12.0. The molecule has 4 rings (SSSR count). The zero-order valence-corrected chi connectivity index (χ0v) is 19.7. The maximum atomic E-state index is 13.8. The molecule has 0 saturated heterocycles. The Balaban J connectivity index is 1.87. The largest absolute Gasteiger partial charge is 0.497 e. The Kier molecular flexibility index (Phi) is 7.11. The molecule has 7 heteroatoms. The number of benzene rings is 2. The molecule has 0 aliphatic heterocycles. The Hall–Kier alpha value is -3.87. The van der Waals surface area contributed by atoms with E-state index in [1.807, 2.05) is 38.1 Å². The molecule has 0 radical (unpaired) electrons. The highest BCUT2D eigenvalue weighted by Gasteiger charge is 2.30. The third-order valence-electron chi connectivity index (χ3n) is 5.88. The van der Waals surface area contributed by atoms with Crippen LogP contribution in [0.15, 0.2) is 76.1 Å². The van der Waals surface area contributed by atoms with Gasteiger partial charge in [-0.1, -0.05) is 32.0 Å². The molecule has 0 aliphatic rings. The molecule has 0 aliphatic carbocycles. The number of furan rings is 1. The average Bonchev–Trinajstić information content (AvgIpc) is 3.39. The van der Waals surface area contributed by atoms with Crippen LogP contribution in [0.4, 0.5) is 0 Å². The van der Waals surface area contributed by atoms with Gasteiger partial charge in [-0.2, -0.15) is 0 Å². The van der Waals surface area contributed by atoms with Crippen molar-refractivity contribution in [2.75, 3.05) is 7.11 Å².